The van der Waals surface area contributed by atoms with Crippen molar-refractivity contribution in [3.63, 3.8) is 0 Å². The van der Waals surface area contributed by atoms with E-state index in [9.17, 15) is 4.79 Å². The zero-order chi connectivity index (χ0) is 20.8. The van der Waals surface area contributed by atoms with E-state index in [0.29, 0.717) is 5.56 Å². The molecule has 1 aliphatic heterocycles. The van der Waals surface area contributed by atoms with Gasteiger partial charge >= 0.3 is 0 Å². The summed E-state index contributed by atoms with van der Waals surface area (Å²) in [4.78, 5) is 22.3. The Labute approximate surface area is 179 Å². The summed E-state index contributed by atoms with van der Waals surface area (Å²) in [6.07, 6.45) is 0. The summed E-state index contributed by atoms with van der Waals surface area (Å²) in [5, 5.41) is 9.00. The average molecular weight is 420 g/mol. The number of rotatable bonds is 3. The van der Waals surface area contributed by atoms with E-state index in [4.69, 9.17) is 0 Å². The summed E-state index contributed by atoms with van der Waals surface area (Å²) in [6.45, 7) is 8.06. The van der Waals surface area contributed by atoms with Gasteiger partial charge in [-0.3, -0.25) is 14.4 Å². The van der Waals surface area contributed by atoms with Crippen molar-refractivity contribution in [2.24, 2.45) is 7.05 Å². The molecule has 0 atom stereocenters. The molecule has 0 saturated carbocycles. The normalized spacial score (nSPS) is 15.4. The summed E-state index contributed by atoms with van der Waals surface area (Å²) in [7, 11) is 1.89. The predicted octanol–water partition coefficient (Wildman–Crippen LogP) is 3.76. The van der Waals surface area contributed by atoms with Gasteiger partial charge in [-0.05, 0) is 42.3 Å². The summed E-state index contributed by atoms with van der Waals surface area (Å²) < 4.78 is 3.11. The lowest BCUT2D eigenvalue weighted by Crippen LogP contribution is -2.48. The number of hydrogen-bond donors (Lipinski definition) is 0. The van der Waals surface area contributed by atoms with Crippen LogP contribution in [0.25, 0.3) is 21.1 Å². The summed E-state index contributed by atoms with van der Waals surface area (Å²) in [6, 6.07) is 10.5. The van der Waals surface area contributed by atoms with E-state index in [1.807, 2.05) is 31.9 Å². The molecule has 0 N–H and O–H groups in total. The third kappa shape index (κ3) is 3.28. The smallest absolute Gasteiger partial charge is 0.255 e. The molecule has 1 aromatic carbocycles. The Morgan fingerprint density at radius 3 is 2.63 bits per heavy atom. The summed E-state index contributed by atoms with van der Waals surface area (Å²) in [5.74, 6) is 0.0748. The molecule has 30 heavy (non-hydrogen) atoms. The largest absolute Gasteiger partial charge is 0.336 e. The maximum absolute atomic E-state index is 13.2. The van der Waals surface area contributed by atoms with Gasteiger partial charge in [-0.25, -0.2) is 4.98 Å². The van der Waals surface area contributed by atoms with E-state index in [1.165, 1.54) is 15.6 Å². The second-order valence-corrected chi connectivity index (χ2v) is 8.94. The van der Waals surface area contributed by atoms with Crippen LogP contribution in [0.15, 0.2) is 35.7 Å². The molecule has 5 rings (SSSR count). The molecule has 3 aromatic heterocycles. The number of thiophene rings is 1. The number of aromatic nitrogens is 3. The first-order chi connectivity index (χ1) is 14.5. The highest BCUT2D eigenvalue weighted by atomic mass is 32.1. The Hall–Kier alpha value is -2.77. The first-order valence-corrected chi connectivity index (χ1v) is 11.2. The van der Waals surface area contributed by atoms with E-state index in [-0.39, 0.29) is 5.91 Å². The molecule has 1 fully saturated rings. The van der Waals surface area contributed by atoms with Crippen LogP contribution in [0.2, 0.25) is 0 Å². The van der Waals surface area contributed by atoms with Crippen LogP contribution in [0.1, 0.15) is 27.3 Å². The van der Waals surface area contributed by atoms with Crippen LogP contribution in [-0.2, 0) is 13.6 Å². The molecule has 0 aliphatic carbocycles. The Morgan fingerprint density at radius 1 is 1.07 bits per heavy atom. The van der Waals surface area contributed by atoms with E-state index in [2.05, 4.69) is 44.6 Å². The number of pyridine rings is 1. The van der Waals surface area contributed by atoms with Crippen molar-refractivity contribution in [3.05, 3.63) is 58.2 Å². The fourth-order valence-corrected chi connectivity index (χ4v) is 5.28. The van der Waals surface area contributed by atoms with Crippen molar-refractivity contribution in [1.29, 1.82) is 0 Å². The van der Waals surface area contributed by atoms with E-state index in [0.717, 1.165) is 55.1 Å². The third-order valence-corrected chi connectivity index (χ3v) is 7.05. The van der Waals surface area contributed by atoms with Gasteiger partial charge in [-0.1, -0.05) is 18.2 Å². The predicted molar refractivity (Wildman–Crippen MR) is 121 cm³/mol. The second-order valence-electron chi connectivity index (χ2n) is 8.03. The van der Waals surface area contributed by atoms with Gasteiger partial charge in [-0.2, -0.15) is 5.10 Å². The van der Waals surface area contributed by atoms with Crippen molar-refractivity contribution < 1.29 is 4.79 Å². The lowest BCUT2D eigenvalue weighted by atomic mass is 10.1. The van der Waals surface area contributed by atoms with Gasteiger partial charge in [0, 0.05) is 49.9 Å². The first-order valence-electron chi connectivity index (χ1n) is 10.3. The minimum atomic E-state index is 0.0748. The number of nitrogens with zero attached hydrogens (tertiary/aromatic N) is 5. The Bertz CT molecular complexity index is 1250. The topological polar surface area (TPSA) is 54.3 Å². The highest BCUT2D eigenvalue weighted by Crippen LogP contribution is 2.27. The number of hydrogen-bond acceptors (Lipinski definition) is 5. The summed E-state index contributed by atoms with van der Waals surface area (Å²) in [5.41, 5.74) is 4.57. The van der Waals surface area contributed by atoms with E-state index in [1.54, 1.807) is 16.0 Å². The maximum Gasteiger partial charge on any atom is 0.255 e. The molecule has 0 bridgehead atoms. The van der Waals surface area contributed by atoms with Crippen LogP contribution in [-0.4, -0.2) is 56.7 Å². The van der Waals surface area contributed by atoms with Crippen LogP contribution >= 0.6 is 11.3 Å². The standard InChI is InChI=1S/C23H25N5OS/c1-15-20(12-19-16(2)25-26(3)22(19)24-15)23(29)28-10-8-27(9-11-28)13-17-14-30-21-7-5-4-6-18(17)21/h4-7,12,14H,8-11,13H2,1-3H3. The van der Waals surface area contributed by atoms with Crippen molar-refractivity contribution in [3.8, 4) is 0 Å². The lowest BCUT2D eigenvalue weighted by molar-refractivity contribution is 0.0628. The molecular weight excluding hydrogens is 394 g/mol. The number of fused-ring (bicyclic) bond motifs is 2. The monoisotopic (exact) mass is 419 g/mol. The Balaban J connectivity index is 1.29. The minimum Gasteiger partial charge on any atom is -0.336 e. The quantitative estimate of drug-likeness (QED) is 0.507. The van der Waals surface area contributed by atoms with Crippen LogP contribution in [0.5, 0.6) is 0 Å². The molecule has 0 radical (unpaired) electrons. The van der Waals surface area contributed by atoms with Crippen LogP contribution in [0.3, 0.4) is 0 Å². The van der Waals surface area contributed by atoms with Gasteiger partial charge in [0.05, 0.1) is 17.0 Å². The van der Waals surface area contributed by atoms with Gasteiger partial charge < -0.3 is 4.90 Å². The van der Waals surface area contributed by atoms with Crippen LogP contribution in [0, 0.1) is 13.8 Å². The van der Waals surface area contributed by atoms with Crippen molar-refractivity contribution in [2.45, 2.75) is 20.4 Å². The molecule has 0 spiro atoms. The highest BCUT2D eigenvalue weighted by molar-refractivity contribution is 7.17. The molecule has 7 heteroatoms. The zero-order valence-corrected chi connectivity index (χ0v) is 18.4. The summed E-state index contributed by atoms with van der Waals surface area (Å²) >= 11 is 1.81. The number of carbonyl (C=O) groups is 1. The number of piperazine rings is 1. The van der Waals surface area contributed by atoms with Gasteiger partial charge in [0.1, 0.15) is 0 Å². The molecule has 154 valence electrons. The van der Waals surface area contributed by atoms with Crippen molar-refractivity contribution in [2.75, 3.05) is 26.2 Å². The number of amides is 1. The van der Waals surface area contributed by atoms with Crippen LogP contribution < -0.4 is 0 Å². The van der Waals surface area contributed by atoms with Gasteiger partial charge in [0.25, 0.3) is 5.91 Å². The van der Waals surface area contributed by atoms with Gasteiger partial charge in [0.2, 0.25) is 0 Å². The molecule has 1 aliphatic rings. The molecule has 1 saturated heterocycles. The molecule has 1 amide bonds. The second kappa shape index (κ2) is 7.49. The average Bonchev–Trinajstić information content (AvgIpc) is 3.28. The SMILES string of the molecule is Cc1nc2c(cc1C(=O)N1CCN(Cc3csc4ccccc34)CC1)c(C)nn2C. The fraction of sp³-hybridized carbons (Fsp3) is 0.348. The fourth-order valence-electron chi connectivity index (χ4n) is 4.32. The van der Waals surface area contributed by atoms with Crippen LogP contribution in [0.4, 0.5) is 0 Å². The van der Waals surface area contributed by atoms with E-state index < -0.39 is 0 Å². The Morgan fingerprint density at radius 2 is 1.83 bits per heavy atom. The maximum atomic E-state index is 13.2. The lowest BCUT2D eigenvalue weighted by Gasteiger charge is -2.35. The molecular formula is C23H25N5OS. The Kier molecular flexibility index (Phi) is 4.79. The third-order valence-electron chi connectivity index (χ3n) is 6.03. The zero-order valence-electron chi connectivity index (χ0n) is 17.6. The minimum absolute atomic E-state index is 0.0748. The van der Waals surface area contributed by atoms with Crippen molar-refractivity contribution >= 4 is 38.4 Å². The number of aryl methyl sites for hydroxylation is 3. The number of benzene rings is 1. The van der Waals surface area contributed by atoms with Crippen molar-refractivity contribution in [1.82, 2.24) is 24.6 Å². The van der Waals surface area contributed by atoms with E-state index >= 15 is 0 Å². The van der Waals surface area contributed by atoms with Gasteiger partial charge in [-0.15, -0.1) is 11.3 Å². The molecule has 6 nitrogen and oxygen atoms in total. The first kappa shape index (κ1) is 19.2. The molecule has 4 aromatic rings. The molecule has 0 unspecified atom stereocenters. The highest BCUT2D eigenvalue weighted by Gasteiger charge is 2.25. The van der Waals surface area contributed by atoms with Gasteiger partial charge in [0.15, 0.2) is 5.65 Å². The number of carbonyl (C=O) groups excluding carboxylic acids is 1. The molecule has 4 heterocycles.